The summed E-state index contributed by atoms with van der Waals surface area (Å²) in [6.45, 7) is 3.39. The van der Waals surface area contributed by atoms with Crippen molar-refractivity contribution in [1.82, 2.24) is 0 Å². The number of hydrogen-bond donors (Lipinski definition) is 0. The van der Waals surface area contributed by atoms with Gasteiger partial charge in [0, 0.05) is 7.11 Å². The average Bonchev–Trinajstić information content (AvgIpc) is 1.85. The highest BCUT2D eigenvalue weighted by atomic mass is 16.7. The number of hydrogen-bond acceptors (Lipinski definition) is 3. The zero-order valence-electron chi connectivity index (χ0n) is 5.42. The highest BCUT2D eigenvalue weighted by Gasteiger charge is 1.95. The largest absolute Gasteiger partial charge is 0.438 e. The van der Waals surface area contributed by atoms with Gasteiger partial charge in [-0.25, -0.2) is 0 Å². The Balaban J connectivity index is 3.16. The fraction of sp³-hybridized carbons (Fsp3) is 0.500. The molecular formula is C6H10O3. The summed E-state index contributed by atoms with van der Waals surface area (Å²) < 4.78 is 8.98. The number of esters is 1. The van der Waals surface area contributed by atoms with Crippen LogP contribution in [0.2, 0.25) is 0 Å². The van der Waals surface area contributed by atoms with E-state index in [2.05, 4.69) is 16.1 Å². The molecule has 0 aliphatic heterocycles. The second kappa shape index (κ2) is 5.31. The molecule has 0 amide bonds. The third-order valence-electron chi connectivity index (χ3n) is 0.649. The van der Waals surface area contributed by atoms with E-state index >= 15 is 0 Å². The molecule has 0 fully saturated rings. The van der Waals surface area contributed by atoms with Crippen LogP contribution in [0.1, 0.15) is 6.42 Å². The third-order valence-corrected chi connectivity index (χ3v) is 0.649. The molecule has 0 saturated carbocycles. The normalized spacial score (nSPS) is 8.56. The van der Waals surface area contributed by atoms with Gasteiger partial charge < -0.3 is 9.47 Å². The molecule has 9 heavy (non-hydrogen) atoms. The van der Waals surface area contributed by atoms with Crippen molar-refractivity contribution in [1.29, 1.82) is 0 Å². The van der Waals surface area contributed by atoms with E-state index in [0.717, 1.165) is 0 Å². The lowest BCUT2D eigenvalue weighted by Crippen LogP contribution is -2.04. The summed E-state index contributed by atoms with van der Waals surface area (Å²) in [6.07, 6.45) is 1.72. The molecule has 0 heterocycles. The number of rotatable bonds is 4. The van der Waals surface area contributed by atoms with Gasteiger partial charge in [-0.05, 0) is 0 Å². The van der Waals surface area contributed by atoms with Gasteiger partial charge >= 0.3 is 5.97 Å². The van der Waals surface area contributed by atoms with Crippen molar-refractivity contribution >= 4 is 5.97 Å². The first kappa shape index (κ1) is 8.17. The summed E-state index contributed by atoms with van der Waals surface area (Å²) in [5.74, 6) is -0.313. The Labute approximate surface area is 54.3 Å². The van der Waals surface area contributed by atoms with E-state index in [9.17, 15) is 4.79 Å². The van der Waals surface area contributed by atoms with Crippen molar-refractivity contribution in [3.05, 3.63) is 12.7 Å². The Morgan fingerprint density at radius 3 is 2.89 bits per heavy atom. The van der Waals surface area contributed by atoms with E-state index in [1.54, 1.807) is 0 Å². The van der Waals surface area contributed by atoms with Crippen molar-refractivity contribution < 1.29 is 14.3 Å². The monoisotopic (exact) mass is 130 g/mol. The van der Waals surface area contributed by atoms with Gasteiger partial charge in [0.15, 0.2) is 6.79 Å². The van der Waals surface area contributed by atoms with Gasteiger partial charge in [0.2, 0.25) is 0 Å². The summed E-state index contributed by atoms with van der Waals surface area (Å²) in [5.41, 5.74) is 0. The van der Waals surface area contributed by atoms with E-state index < -0.39 is 0 Å². The van der Waals surface area contributed by atoms with Gasteiger partial charge in [-0.15, -0.1) is 6.58 Å². The molecule has 0 aromatic heterocycles. The molecule has 3 heteroatoms. The fourth-order valence-electron chi connectivity index (χ4n) is 0.301. The molecule has 0 spiro atoms. The van der Waals surface area contributed by atoms with Crippen molar-refractivity contribution in [3.8, 4) is 0 Å². The summed E-state index contributed by atoms with van der Waals surface area (Å²) in [6, 6.07) is 0. The van der Waals surface area contributed by atoms with Crippen LogP contribution in [0.15, 0.2) is 12.7 Å². The molecule has 0 aromatic carbocycles. The maximum atomic E-state index is 10.4. The molecule has 52 valence electrons. The highest BCUT2D eigenvalue weighted by molar-refractivity contribution is 5.70. The van der Waals surface area contributed by atoms with Crippen molar-refractivity contribution in [2.75, 3.05) is 13.9 Å². The maximum Gasteiger partial charge on any atom is 0.311 e. The van der Waals surface area contributed by atoms with E-state index in [1.165, 1.54) is 13.2 Å². The molecule has 0 aromatic rings. The molecular weight excluding hydrogens is 120 g/mol. The molecule has 0 aliphatic carbocycles. The predicted octanol–water partition coefficient (Wildman–Crippen LogP) is 0.710. The third kappa shape index (κ3) is 5.03. The minimum Gasteiger partial charge on any atom is -0.438 e. The summed E-state index contributed by atoms with van der Waals surface area (Å²) >= 11 is 0. The lowest BCUT2D eigenvalue weighted by atomic mass is 10.4. The molecule has 0 aliphatic rings. The molecule has 0 saturated heterocycles. The average molecular weight is 130 g/mol. The molecule has 0 N–H and O–H groups in total. The van der Waals surface area contributed by atoms with Crippen LogP contribution in [-0.2, 0) is 14.3 Å². The maximum absolute atomic E-state index is 10.4. The smallest absolute Gasteiger partial charge is 0.311 e. The second-order valence-corrected chi connectivity index (χ2v) is 1.42. The minimum absolute atomic E-state index is 0.0205. The van der Waals surface area contributed by atoms with Gasteiger partial charge in [0.25, 0.3) is 0 Å². The number of carbonyl (C=O) groups is 1. The van der Waals surface area contributed by atoms with Gasteiger partial charge in [-0.2, -0.15) is 0 Å². The lowest BCUT2D eigenvalue weighted by Gasteiger charge is -1.98. The SMILES string of the molecule is C=CCC(=O)OCOC. The first-order valence-corrected chi connectivity index (χ1v) is 2.56. The Morgan fingerprint density at radius 1 is 1.78 bits per heavy atom. The van der Waals surface area contributed by atoms with Gasteiger partial charge in [-0.3, -0.25) is 4.79 Å². The zero-order chi connectivity index (χ0) is 7.11. The zero-order valence-corrected chi connectivity index (χ0v) is 5.42. The van der Waals surface area contributed by atoms with Crippen LogP contribution in [0.3, 0.4) is 0 Å². The Kier molecular flexibility index (Phi) is 4.82. The van der Waals surface area contributed by atoms with Crippen LogP contribution in [0, 0.1) is 0 Å². The molecule has 0 atom stereocenters. The van der Waals surface area contributed by atoms with Crippen molar-refractivity contribution in [3.63, 3.8) is 0 Å². The van der Waals surface area contributed by atoms with Crippen LogP contribution in [-0.4, -0.2) is 19.9 Å². The number of methoxy groups -OCH3 is 1. The van der Waals surface area contributed by atoms with E-state index in [-0.39, 0.29) is 19.2 Å². The highest BCUT2D eigenvalue weighted by Crippen LogP contribution is 1.85. The van der Waals surface area contributed by atoms with Crippen LogP contribution in [0.25, 0.3) is 0 Å². The Bertz CT molecular complexity index is 98.5. The molecule has 0 unspecified atom stereocenters. The first-order valence-electron chi connectivity index (χ1n) is 2.56. The van der Waals surface area contributed by atoms with Crippen molar-refractivity contribution in [2.24, 2.45) is 0 Å². The Morgan fingerprint density at radius 2 is 2.44 bits per heavy atom. The Hall–Kier alpha value is -0.830. The minimum atomic E-state index is -0.313. The van der Waals surface area contributed by atoms with Gasteiger partial charge in [-0.1, -0.05) is 6.08 Å². The molecule has 0 rings (SSSR count). The fourth-order valence-corrected chi connectivity index (χ4v) is 0.301. The summed E-state index contributed by atoms with van der Waals surface area (Å²) in [7, 11) is 1.46. The van der Waals surface area contributed by atoms with Gasteiger partial charge in [0.05, 0.1) is 6.42 Å². The van der Waals surface area contributed by atoms with E-state index in [0.29, 0.717) is 0 Å². The first-order chi connectivity index (χ1) is 4.31. The summed E-state index contributed by atoms with van der Waals surface area (Å²) in [5, 5.41) is 0. The second-order valence-electron chi connectivity index (χ2n) is 1.42. The van der Waals surface area contributed by atoms with E-state index in [4.69, 9.17) is 0 Å². The van der Waals surface area contributed by atoms with E-state index in [1.807, 2.05) is 0 Å². The van der Waals surface area contributed by atoms with Crippen molar-refractivity contribution in [2.45, 2.75) is 6.42 Å². The standard InChI is InChI=1S/C6H10O3/c1-3-4-6(7)9-5-8-2/h3H,1,4-5H2,2H3. The lowest BCUT2D eigenvalue weighted by molar-refractivity contribution is -0.152. The van der Waals surface area contributed by atoms with Crippen LogP contribution in [0.5, 0.6) is 0 Å². The van der Waals surface area contributed by atoms with Gasteiger partial charge in [0.1, 0.15) is 0 Å². The number of carbonyl (C=O) groups excluding carboxylic acids is 1. The predicted molar refractivity (Wildman–Crippen MR) is 32.8 cm³/mol. The quantitative estimate of drug-likeness (QED) is 0.319. The van der Waals surface area contributed by atoms with Crippen LogP contribution >= 0.6 is 0 Å². The van der Waals surface area contributed by atoms with Crippen LogP contribution < -0.4 is 0 Å². The summed E-state index contributed by atoms with van der Waals surface area (Å²) in [4.78, 5) is 10.4. The number of ether oxygens (including phenoxy) is 2. The topological polar surface area (TPSA) is 35.5 Å². The van der Waals surface area contributed by atoms with Crippen LogP contribution in [0.4, 0.5) is 0 Å². The molecule has 3 nitrogen and oxygen atoms in total. The molecule has 0 bridgehead atoms. The molecule has 0 radical (unpaired) electrons.